The number of nitrogens with zero attached hydrogens (tertiary/aromatic N) is 3. The molecule has 0 bridgehead atoms. The fourth-order valence-electron chi connectivity index (χ4n) is 3.42. The number of carboxylic acids is 1. The van der Waals surface area contributed by atoms with Crippen LogP contribution in [0.3, 0.4) is 0 Å². The smallest absolute Gasteiger partial charge is 0.416 e. The summed E-state index contributed by atoms with van der Waals surface area (Å²) in [6.07, 6.45) is -4.60. The van der Waals surface area contributed by atoms with Crippen molar-refractivity contribution in [3.05, 3.63) is 63.7 Å². The molecule has 2 aromatic rings. The van der Waals surface area contributed by atoms with Gasteiger partial charge in [0, 0.05) is 50.4 Å². The van der Waals surface area contributed by atoms with E-state index in [1.165, 1.54) is 4.31 Å². The predicted octanol–water partition coefficient (Wildman–Crippen LogP) is 2.58. The molecule has 1 heterocycles. The van der Waals surface area contributed by atoms with Crippen molar-refractivity contribution < 1.29 is 41.2 Å². The number of carbonyl (C=O) groups is 1. The summed E-state index contributed by atoms with van der Waals surface area (Å²) < 4.78 is 71.4. The van der Waals surface area contributed by atoms with E-state index in [1.807, 2.05) is 0 Å². The number of ether oxygens (including phenoxy) is 1. The SMILES string of the molecule is O=C(O)COc1ccc(C(F)(F)F)cc1CN1CCN(S(=O)(=O)c2ccc([N+](=O)[O-])cc2)CC1. The molecule has 1 aliphatic rings. The highest BCUT2D eigenvalue weighted by Gasteiger charge is 2.32. The number of piperazine rings is 1. The monoisotopic (exact) mass is 503 g/mol. The molecule has 3 rings (SSSR count). The maximum absolute atomic E-state index is 13.1. The highest BCUT2D eigenvalue weighted by molar-refractivity contribution is 7.89. The lowest BCUT2D eigenvalue weighted by Crippen LogP contribution is -2.48. The number of carboxylic acid groups (broad SMARTS) is 1. The minimum Gasteiger partial charge on any atom is -0.482 e. The maximum atomic E-state index is 13.1. The lowest BCUT2D eigenvalue weighted by molar-refractivity contribution is -0.384. The highest BCUT2D eigenvalue weighted by atomic mass is 32.2. The average molecular weight is 503 g/mol. The molecule has 1 N–H and O–H groups in total. The Balaban J connectivity index is 1.71. The van der Waals surface area contributed by atoms with Crippen molar-refractivity contribution in [2.45, 2.75) is 17.6 Å². The summed E-state index contributed by atoms with van der Waals surface area (Å²) in [4.78, 5) is 22.5. The van der Waals surface area contributed by atoms with E-state index in [2.05, 4.69) is 0 Å². The molecule has 0 aromatic heterocycles. The van der Waals surface area contributed by atoms with Gasteiger partial charge in [0.05, 0.1) is 15.4 Å². The van der Waals surface area contributed by atoms with Gasteiger partial charge in [0.25, 0.3) is 5.69 Å². The zero-order valence-corrected chi connectivity index (χ0v) is 18.4. The first kappa shape index (κ1) is 25.4. The largest absolute Gasteiger partial charge is 0.482 e. The quantitative estimate of drug-likeness (QED) is 0.430. The number of benzene rings is 2. The van der Waals surface area contributed by atoms with Crippen LogP contribution < -0.4 is 4.74 Å². The third kappa shape index (κ3) is 6.01. The first-order valence-electron chi connectivity index (χ1n) is 9.89. The summed E-state index contributed by atoms with van der Waals surface area (Å²) in [6.45, 7) is -0.251. The zero-order valence-electron chi connectivity index (χ0n) is 17.6. The third-order valence-electron chi connectivity index (χ3n) is 5.15. The van der Waals surface area contributed by atoms with Crippen LogP contribution in [0.25, 0.3) is 0 Å². The average Bonchev–Trinajstić information content (AvgIpc) is 2.78. The molecule has 1 fully saturated rings. The molecule has 0 radical (unpaired) electrons. The number of sulfonamides is 1. The van der Waals surface area contributed by atoms with Gasteiger partial charge in [-0.15, -0.1) is 0 Å². The normalized spacial score (nSPS) is 15.7. The Morgan fingerprint density at radius 1 is 1.09 bits per heavy atom. The molecule has 0 amide bonds. The van der Waals surface area contributed by atoms with Gasteiger partial charge in [0.15, 0.2) is 6.61 Å². The molecule has 10 nitrogen and oxygen atoms in total. The molecule has 1 aliphatic heterocycles. The topological polar surface area (TPSA) is 130 Å². The van der Waals surface area contributed by atoms with Crippen LogP contribution in [0.5, 0.6) is 5.75 Å². The van der Waals surface area contributed by atoms with Gasteiger partial charge in [0.1, 0.15) is 5.75 Å². The van der Waals surface area contributed by atoms with Crippen LogP contribution in [-0.2, 0) is 27.5 Å². The van der Waals surface area contributed by atoms with E-state index in [0.29, 0.717) is 0 Å². The Morgan fingerprint density at radius 3 is 2.24 bits per heavy atom. The molecule has 0 unspecified atom stereocenters. The molecular weight excluding hydrogens is 483 g/mol. The summed E-state index contributed by atoms with van der Waals surface area (Å²) in [6, 6.07) is 7.23. The predicted molar refractivity (Wildman–Crippen MR) is 112 cm³/mol. The third-order valence-corrected chi connectivity index (χ3v) is 7.06. The fraction of sp³-hybridized carbons (Fsp3) is 0.350. The van der Waals surface area contributed by atoms with Gasteiger partial charge >= 0.3 is 12.1 Å². The van der Waals surface area contributed by atoms with Crippen molar-refractivity contribution in [3.8, 4) is 5.75 Å². The lowest BCUT2D eigenvalue weighted by Gasteiger charge is -2.34. The van der Waals surface area contributed by atoms with Gasteiger partial charge in [-0.05, 0) is 30.3 Å². The van der Waals surface area contributed by atoms with Gasteiger partial charge in [-0.3, -0.25) is 15.0 Å². The number of non-ortho nitro benzene ring substituents is 1. The second kappa shape index (κ2) is 9.95. The van der Waals surface area contributed by atoms with Crippen molar-refractivity contribution in [1.29, 1.82) is 0 Å². The zero-order chi connectivity index (χ0) is 25.1. The van der Waals surface area contributed by atoms with E-state index in [9.17, 15) is 36.5 Å². The Kier molecular flexibility index (Phi) is 7.43. The molecule has 2 aromatic carbocycles. The van der Waals surface area contributed by atoms with Crippen molar-refractivity contribution in [2.75, 3.05) is 32.8 Å². The Bertz CT molecular complexity index is 1160. The van der Waals surface area contributed by atoms with Gasteiger partial charge < -0.3 is 9.84 Å². The maximum Gasteiger partial charge on any atom is 0.416 e. The van der Waals surface area contributed by atoms with E-state index in [4.69, 9.17) is 9.84 Å². The first-order valence-corrected chi connectivity index (χ1v) is 11.3. The fourth-order valence-corrected chi connectivity index (χ4v) is 4.84. The van der Waals surface area contributed by atoms with Gasteiger partial charge in [-0.1, -0.05) is 0 Å². The Morgan fingerprint density at radius 2 is 1.71 bits per heavy atom. The van der Waals surface area contributed by atoms with Crippen molar-refractivity contribution in [1.82, 2.24) is 9.21 Å². The van der Waals surface area contributed by atoms with Crippen LogP contribution in [0.1, 0.15) is 11.1 Å². The van der Waals surface area contributed by atoms with Crippen LogP contribution in [0.4, 0.5) is 18.9 Å². The number of alkyl halides is 3. The number of nitro benzene ring substituents is 1. The number of rotatable bonds is 8. The van der Waals surface area contributed by atoms with Crippen LogP contribution in [0, 0.1) is 10.1 Å². The summed E-state index contributed by atoms with van der Waals surface area (Å²) >= 11 is 0. The minimum absolute atomic E-state index is 0.00340. The molecule has 14 heteroatoms. The van der Waals surface area contributed by atoms with E-state index >= 15 is 0 Å². The van der Waals surface area contributed by atoms with Crippen molar-refractivity contribution in [2.24, 2.45) is 0 Å². The van der Waals surface area contributed by atoms with E-state index < -0.39 is 39.3 Å². The van der Waals surface area contributed by atoms with Crippen LogP contribution in [-0.4, -0.2) is 66.4 Å². The van der Waals surface area contributed by atoms with Crippen molar-refractivity contribution >= 4 is 21.7 Å². The lowest BCUT2D eigenvalue weighted by atomic mass is 10.1. The van der Waals surface area contributed by atoms with E-state index in [0.717, 1.165) is 42.5 Å². The van der Waals surface area contributed by atoms with Gasteiger partial charge in [-0.25, -0.2) is 13.2 Å². The summed E-state index contributed by atoms with van der Waals surface area (Å²) in [5.74, 6) is -1.28. The number of hydrogen-bond acceptors (Lipinski definition) is 7. The molecule has 0 spiro atoms. The standard InChI is InChI=1S/C20H20F3N3O7S/c21-20(22,23)15-1-6-18(33-13-19(27)28)14(11-15)12-24-7-9-25(10-8-24)34(31,32)17-4-2-16(3-5-17)26(29)30/h1-6,11H,7-10,12-13H2,(H,27,28). The summed E-state index contributed by atoms with van der Waals surface area (Å²) in [5, 5.41) is 19.6. The molecule has 184 valence electrons. The second-order valence-electron chi connectivity index (χ2n) is 7.43. The van der Waals surface area contributed by atoms with E-state index in [1.54, 1.807) is 4.90 Å². The molecule has 34 heavy (non-hydrogen) atoms. The van der Waals surface area contributed by atoms with Crippen molar-refractivity contribution in [3.63, 3.8) is 0 Å². The number of aliphatic carboxylic acids is 1. The van der Waals surface area contributed by atoms with E-state index in [-0.39, 0.29) is 54.6 Å². The number of hydrogen-bond donors (Lipinski definition) is 1. The first-order chi connectivity index (χ1) is 15.9. The summed E-state index contributed by atoms with van der Waals surface area (Å²) in [7, 11) is -3.91. The second-order valence-corrected chi connectivity index (χ2v) is 9.37. The number of nitro groups is 1. The van der Waals surface area contributed by atoms with Crippen LogP contribution in [0.15, 0.2) is 47.4 Å². The van der Waals surface area contributed by atoms with Gasteiger partial charge in [-0.2, -0.15) is 17.5 Å². The molecule has 1 saturated heterocycles. The van der Waals surface area contributed by atoms with Crippen LogP contribution >= 0.6 is 0 Å². The molecule has 0 aliphatic carbocycles. The summed E-state index contributed by atoms with van der Waals surface area (Å²) in [5.41, 5.74) is -1.03. The minimum atomic E-state index is -4.60. The molecule has 0 atom stereocenters. The highest BCUT2D eigenvalue weighted by Crippen LogP contribution is 2.33. The Hall–Kier alpha value is -3.23. The number of halogens is 3. The molecular formula is C20H20F3N3O7S. The molecule has 0 saturated carbocycles. The van der Waals surface area contributed by atoms with Crippen LogP contribution in [0.2, 0.25) is 0 Å². The van der Waals surface area contributed by atoms with Gasteiger partial charge in [0.2, 0.25) is 10.0 Å². The Labute approximate surface area is 192 Å².